The van der Waals surface area contributed by atoms with Gasteiger partial charge < -0.3 is 5.32 Å². The van der Waals surface area contributed by atoms with Crippen LogP contribution in [0.3, 0.4) is 0 Å². The standard InChI is InChI=1S/C15H19N3OS2/c1-10(2)15-18-12(9-20-15)8-17-14(19)11(3)21-13-6-4-5-7-16-13/h4-7,9-11H,8H2,1-3H3,(H,17,19)/t11-/m1/s1. The third-order valence-corrected chi connectivity index (χ3v) is 5.06. The first-order valence-corrected chi connectivity index (χ1v) is 8.62. The second-order valence-corrected chi connectivity index (χ2v) is 7.23. The van der Waals surface area contributed by atoms with Crippen LogP contribution < -0.4 is 5.32 Å². The van der Waals surface area contributed by atoms with Crippen molar-refractivity contribution in [2.24, 2.45) is 0 Å². The topological polar surface area (TPSA) is 54.9 Å². The van der Waals surface area contributed by atoms with E-state index in [1.807, 2.05) is 30.5 Å². The Hall–Kier alpha value is -1.40. The first-order valence-electron chi connectivity index (χ1n) is 6.86. The Morgan fingerprint density at radius 1 is 1.38 bits per heavy atom. The van der Waals surface area contributed by atoms with Gasteiger partial charge in [-0.3, -0.25) is 4.79 Å². The van der Waals surface area contributed by atoms with Gasteiger partial charge in [0, 0.05) is 17.5 Å². The van der Waals surface area contributed by atoms with Crippen molar-refractivity contribution < 1.29 is 4.79 Å². The second-order valence-electron chi connectivity index (χ2n) is 4.98. The summed E-state index contributed by atoms with van der Waals surface area (Å²) in [5, 5.41) is 6.72. The van der Waals surface area contributed by atoms with Gasteiger partial charge in [0.15, 0.2) is 0 Å². The Morgan fingerprint density at radius 2 is 2.19 bits per heavy atom. The van der Waals surface area contributed by atoms with Gasteiger partial charge in [0.25, 0.3) is 0 Å². The minimum absolute atomic E-state index is 0.00440. The zero-order chi connectivity index (χ0) is 15.2. The van der Waals surface area contributed by atoms with Gasteiger partial charge in [-0.2, -0.15) is 0 Å². The first kappa shape index (κ1) is 16.0. The maximum atomic E-state index is 12.1. The van der Waals surface area contributed by atoms with Crippen molar-refractivity contribution in [3.63, 3.8) is 0 Å². The molecule has 0 radical (unpaired) electrons. The zero-order valence-corrected chi connectivity index (χ0v) is 14.0. The Balaban J connectivity index is 1.83. The lowest BCUT2D eigenvalue weighted by molar-refractivity contribution is -0.120. The highest BCUT2D eigenvalue weighted by Gasteiger charge is 2.15. The largest absolute Gasteiger partial charge is 0.349 e. The molecular formula is C15H19N3OS2. The molecule has 1 N–H and O–H groups in total. The smallest absolute Gasteiger partial charge is 0.233 e. The molecule has 2 heterocycles. The average Bonchev–Trinajstić information content (AvgIpc) is 2.95. The zero-order valence-electron chi connectivity index (χ0n) is 12.4. The molecule has 6 heteroatoms. The van der Waals surface area contributed by atoms with Crippen LogP contribution >= 0.6 is 23.1 Å². The van der Waals surface area contributed by atoms with Gasteiger partial charge in [0.1, 0.15) is 0 Å². The molecular weight excluding hydrogens is 302 g/mol. The number of carbonyl (C=O) groups excluding carboxylic acids is 1. The molecule has 1 amide bonds. The number of nitrogens with zero attached hydrogens (tertiary/aromatic N) is 2. The van der Waals surface area contributed by atoms with Crippen molar-refractivity contribution in [2.75, 3.05) is 0 Å². The highest BCUT2D eigenvalue weighted by atomic mass is 32.2. The summed E-state index contributed by atoms with van der Waals surface area (Å²) in [4.78, 5) is 20.8. The van der Waals surface area contributed by atoms with Crippen LogP contribution in [0.25, 0.3) is 0 Å². The van der Waals surface area contributed by atoms with E-state index in [-0.39, 0.29) is 11.2 Å². The SMILES string of the molecule is CC(C)c1nc(CNC(=O)[C@@H](C)Sc2ccccn2)cs1. The average molecular weight is 321 g/mol. The van der Waals surface area contributed by atoms with Crippen LogP contribution in [0, 0.1) is 0 Å². The van der Waals surface area contributed by atoms with Gasteiger partial charge >= 0.3 is 0 Å². The molecule has 0 aliphatic rings. The number of thiazole rings is 1. The van der Waals surface area contributed by atoms with Crippen molar-refractivity contribution >= 4 is 29.0 Å². The first-order chi connectivity index (χ1) is 10.1. The van der Waals surface area contributed by atoms with Gasteiger partial charge in [-0.25, -0.2) is 9.97 Å². The van der Waals surface area contributed by atoms with E-state index in [1.54, 1.807) is 17.5 Å². The summed E-state index contributed by atoms with van der Waals surface area (Å²) in [6, 6.07) is 5.69. The molecule has 112 valence electrons. The predicted molar refractivity (Wildman–Crippen MR) is 87.6 cm³/mol. The van der Waals surface area contributed by atoms with Crippen molar-refractivity contribution in [3.8, 4) is 0 Å². The lowest BCUT2D eigenvalue weighted by Crippen LogP contribution is -2.30. The summed E-state index contributed by atoms with van der Waals surface area (Å²) < 4.78 is 0. The quantitative estimate of drug-likeness (QED) is 0.828. The predicted octanol–water partition coefficient (Wildman–Crippen LogP) is 3.46. The molecule has 0 aliphatic heterocycles. The lowest BCUT2D eigenvalue weighted by atomic mass is 10.2. The monoisotopic (exact) mass is 321 g/mol. The molecule has 0 aliphatic carbocycles. The van der Waals surface area contributed by atoms with E-state index in [0.717, 1.165) is 15.7 Å². The normalized spacial score (nSPS) is 12.4. The lowest BCUT2D eigenvalue weighted by Gasteiger charge is -2.10. The molecule has 0 bridgehead atoms. The van der Waals surface area contributed by atoms with Crippen LogP contribution in [0.2, 0.25) is 0 Å². The van der Waals surface area contributed by atoms with Gasteiger partial charge in [-0.1, -0.05) is 31.7 Å². The van der Waals surface area contributed by atoms with E-state index in [2.05, 4.69) is 29.1 Å². The Bertz CT molecular complexity index is 584. The molecule has 1 atom stereocenters. The van der Waals surface area contributed by atoms with E-state index in [9.17, 15) is 4.79 Å². The molecule has 0 fully saturated rings. The number of hydrogen-bond donors (Lipinski definition) is 1. The molecule has 2 aromatic rings. The number of amides is 1. The molecule has 2 rings (SSSR count). The highest BCUT2D eigenvalue weighted by Crippen LogP contribution is 2.21. The number of hydrogen-bond acceptors (Lipinski definition) is 5. The molecule has 0 unspecified atom stereocenters. The summed E-state index contributed by atoms with van der Waals surface area (Å²) in [7, 11) is 0. The summed E-state index contributed by atoms with van der Waals surface area (Å²) in [5.74, 6) is 0.433. The Morgan fingerprint density at radius 3 is 2.81 bits per heavy atom. The maximum Gasteiger partial charge on any atom is 0.233 e. The van der Waals surface area contributed by atoms with E-state index in [0.29, 0.717) is 12.5 Å². The summed E-state index contributed by atoms with van der Waals surface area (Å²) in [5.41, 5.74) is 0.923. The number of thioether (sulfide) groups is 1. The van der Waals surface area contributed by atoms with Gasteiger partial charge in [0.2, 0.25) is 5.91 Å². The molecule has 4 nitrogen and oxygen atoms in total. The number of rotatable bonds is 6. The van der Waals surface area contributed by atoms with Crippen molar-refractivity contribution in [2.45, 2.75) is 43.5 Å². The van der Waals surface area contributed by atoms with Crippen LogP contribution in [0.15, 0.2) is 34.8 Å². The van der Waals surface area contributed by atoms with E-state index >= 15 is 0 Å². The third kappa shape index (κ3) is 4.82. The van der Waals surface area contributed by atoms with Crippen LogP contribution in [0.5, 0.6) is 0 Å². The molecule has 0 aromatic carbocycles. The number of pyridine rings is 1. The van der Waals surface area contributed by atoms with Crippen molar-refractivity contribution in [1.82, 2.24) is 15.3 Å². The summed E-state index contributed by atoms with van der Waals surface area (Å²) >= 11 is 3.10. The molecule has 0 spiro atoms. The van der Waals surface area contributed by atoms with Crippen LogP contribution in [0.1, 0.15) is 37.4 Å². The van der Waals surface area contributed by atoms with Gasteiger partial charge in [-0.15, -0.1) is 11.3 Å². The Labute approximate surface area is 133 Å². The van der Waals surface area contributed by atoms with Crippen molar-refractivity contribution in [1.29, 1.82) is 0 Å². The molecule has 2 aromatic heterocycles. The van der Waals surface area contributed by atoms with Gasteiger partial charge in [0.05, 0.1) is 27.5 Å². The van der Waals surface area contributed by atoms with Crippen LogP contribution in [-0.2, 0) is 11.3 Å². The van der Waals surface area contributed by atoms with Crippen molar-refractivity contribution in [3.05, 3.63) is 40.5 Å². The molecule has 0 saturated carbocycles. The van der Waals surface area contributed by atoms with E-state index < -0.39 is 0 Å². The summed E-state index contributed by atoms with van der Waals surface area (Å²) in [6.45, 7) is 6.60. The minimum Gasteiger partial charge on any atom is -0.349 e. The minimum atomic E-state index is -0.178. The highest BCUT2D eigenvalue weighted by molar-refractivity contribution is 8.00. The molecule has 21 heavy (non-hydrogen) atoms. The van der Waals surface area contributed by atoms with Crippen LogP contribution in [-0.4, -0.2) is 21.1 Å². The third-order valence-electron chi connectivity index (χ3n) is 2.81. The number of aromatic nitrogens is 2. The van der Waals surface area contributed by atoms with E-state index in [4.69, 9.17) is 0 Å². The number of carbonyl (C=O) groups is 1. The van der Waals surface area contributed by atoms with Gasteiger partial charge in [-0.05, 0) is 19.1 Å². The Kier molecular flexibility index (Phi) is 5.76. The fourth-order valence-corrected chi connectivity index (χ4v) is 3.31. The van der Waals surface area contributed by atoms with E-state index in [1.165, 1.54) is 11.8 Å². The second kappa shape index (κ2) is 7.56. The number of nitrogens with one attached hydrogen (secondary N) is 1. The molecule has 0 saturated heterocycles. The maximum absolute atomic E-state index is 12.1. The fraction of sp³-hybridized carbons (Fsp3) is 0.400. The fourth-order valence-electron chi connectivity index (χ4n) is 1.64. The summed E-state index contributed by atoms with van der Waals surface area (Å²) in [6.07, 6.45) is 1.73. The van der Waals surface area contributed by atoms with Crippen LogP contribution in [0.4, 0.5) is 0 Å².